The smallest absolute Gasteiger partial charge is 0.199 e. The third kappa shape index (κ3) is 3.53. The average molecular weight is 462 g/mol. The highest BCUT2D eigenvalue weighted by Crippen LogP contribution is 2.40. The molecule has 0 amide bonds. The second-order valence-electron chi connectivity index (χ2n) is 6.93. The number of aryl methyl sites for hydroxylation is 1. The summed E-state index contributed by atoms with van der Waals surface area (Å²) in [6.07, 6.45) is 0. The second kappa shape index (κ2) is 8.20. The number of hydrogen-bond donors (Lipinski definition) is 2. The zero-order valence-electron chi connectivity index (χ0n) is 16.6. The average Bonchev–Trinajstić information content (AvgIpc) is 3.11. The topological polar surface area (TPSA) is 62.3 Å². The lowest BCUT2D eigenvalue weighted by Crippen LogP contribution is -2.05. The number of aromatic amines is 1. The Morgan fingerprint density at radius 1 is 1.00 bits per heavy atom. The second-order valence-corrected chi connectivity index (χ2v) is 7.79. The number of benzene rings is 3. The van der Waals surface area contributed by atoms with Crippen molar-refractivity contribution in [2.45, 2.75) is 6.92 Å². The molecule has 4 aromatic rings. The van der Waals surface area contributed by atoms with Crippen molar-refractivity contribution in [1.29, 1.82) is 0 Å². The molecule has 0 saturated carbocycles. The van der Waals surface area contributed by atoms with Gasteiger partial charge in [0.15, 0.2) is 5.78 Å². The van der Waals surface area contributed by atoms with Gasteiger partial charge in [0.05, 0.1) is 23.9 Å². The first-order valence-electron chi connectivity index (χ1n) is 9.46. The number of carbonyl (C=O) groups excluding carboxylic acids is 1. The fourth-order valence-corrected chi connectivity index (χ4v) is 4.12. The molecule has 0 atom stereocenters. The van der Waals surface area contributed by atoms with Crippen molar-refractivity contribution in [2.75, 3.05) is 7.11 Å². The molecule has 4 rings (SSSR count). The highest BCUT2D eigenvalue weighted by atomic mass is 79.9. The third-order valence-corrected chi connectivity index (χ3v) is 5.76. The fourth-order valence-electron chi connectivity index (χ4n) is 3.63. The number of carbonyl (C=O) groups is 1. The van der Waals surface area contributed by atoms with Crippen LogP contribution in [0.4, 0.5) is 0 Å². The molecule has 2 N–H and O–H groups in total. The molecule has 4 nitrogen and oxygen atoms in total. The third-order valence-electron chi connectivity index (χ3n) is 5.07. The number of H-pyrrole nitrogens is 1. The molecule has 0 bridgehead atoms. The van der Waals surface area contributed by atoms with Crippen molar-refractivity contribution in [3.8, 4) is 33.9 Å². The zero-order valence-corrected chi connectivity index (χ0v) is 18.2. The van der Waals surface area contributed by atoms with Crippen molar-refractivity contribution in [1.82, 2.24) is 4.98 Å². The van der Waals surface area contributed by atoms with Crippen LogP contribution in [-0.4, -0.2) is 23.0 Å². The highest BCUT2D eigenvalue weighted by molar-refractivity contribution is 9.10. The Kier molecular flexibility index (Phi) is 5.46. The largest absolute Gasteiger partial charge is 0.507 e. The maximum absolute atomic E-state index is 13.8. The van der Waals surface area contributed by atoms with Gasteiger partial charge in [-0.2, -0.15) is 0 Å². The maximum Gasteiger partial charge on any atom is 0.199 e. The lowest BCUT2D eigenvalue weighted by molar-refractivity contribution is 0.103. The molecule has 1 heterocycles. The molecule has 0 aliphatic heterocycles. The summed E-state index contributed by atoms with van der Waals surface area (Å²) in [5, 5.41) is 10.5. The number of hydrogen-bond acceptors (Lipinski definition) is 3. The minimum Gasteiger partial charge on any atom is -0.507 e. The summed E-state index contributed by atoms with van der Waals surface area (Å²) in [5.41, 5.74) is 4.88. The SMILES string of the molecule is COc1ccc(O)c(C(=O)c2c(-c3ccccc3)[nH]c(C)c2-c2ccccc2Br)c1. The Morgan fingerprint density at radius 3 is 2.40 bits per heavy atom. The molecule has 0 saturated heterocycles. The summed E-state index contributed by atoms with van der Waals surface area (Å²) in [6.45, 7) is 1.95. The van der Waals surface area contributed by atoms with Crippen molar-refractivity contribution in [2.24, 2.45) is 0 Å². The van der Waals surface area contributed by atoms with Crippen LogP contribution in [0.25, 0.3) is 22.4 Å². The molecular weight excluding hydrogens is 442 g/mol. The fraction of sp³-hybridized carbons (Fsp3) is 0.0800. The lowest BCUT2D eigenvalue weighted by atomic mass is 9.92. The number of phenolic OH excluding ortho intramolecular Hbond substituents is 1. The van der Waals surface area contributed by atoms with Crippen LogP contribution >= 0.6 is 15.9 Å². The normalized spacial score (nSPS) is 10.8. The molecule has 30 heavy (non-hydrogen) atoms. The lowest BCUT2D eigenvalue weighted by Gasteiger charge is -2.11. The summed E-state index contributed by atoms with van der Waals surface area (Å²) in [6, 6.07) is 22.2. The molecule has 150 valence electrons. The number of aromatic hydroxyl groups is 1. The van der Waals surface area contributed by atoms with Crippen LogP contribution < -0.4 is 4.74 Å². The van der Waals surface area contributed by atoms with E-state index in [0.29, 0.717) is 17.0 Å². The Hall–Kier alpha value is -3.31. The standard InChI is InChI=1S/C25H20BrNO3/c1-15-22(18-10-6-7-11-20(18)26)23(24(27-15)16-8-4-3-5-9-16)25(29)19-14-17(30-2)12-13-21(19)28/h3-14,27-28H,1-2H3. The molecule has 0 fully saturated rings. The van der Waals surface area contributed by atoms with Gasteiger partial charge >= 0.3 is 0 Å². The van der Waals surface area contributed by atoms with Crippen LogP contribution in [0.15, 0.2) is 77.3 Å². The first-order valence-corrected chi connectivity index (χ1v) is 10.2. The van der Waals surface area contributed by atoms with E-state index in [-0.39, 0.29) is 17.1 Å². The summed E-state index contributed by atoms with van der Waals surface area (Å²) >= 11 is 3.61. The summed E-state index contributed by atoms with van der Waals surface area (Å²) in [7, 11) is 1.53. The number of ether oxygens (including phenoxy) is 1. The van der Waals surface area contributed by atoms with Crippen molar-refractivity contribution < 1.29 is 14.6 Å². The predicted molar refractivity (Wildman–Crippen MR) is 122 cm³/mol. The summed E-state index contributed by atoms with van der Waals surface area (Å²) in [5.74, 6) is 0.143. The van der Waals surface area contributed by atoms with Crippen LogP contribution in [-0.2, 0) is 0 Å². The van der Waals surface area contributed by atoms with Gasteiger partial charge in [0.2, 0.25) is 0 Å². The minimum atomic E-state index is -0.277. The Bertz CT molecular complexity index is 1230. The van der Waals surface area contributed by atoms with Gasteiger partial charge in [-0.1, -0.05) is 64.5 Å². The van der Waals surface area contributed by atoms with E-state index in [4.69, 9.17) is 4.74 Å². The van der Waals surface area contributed by atoms with Gasteiger partial charge in [0.25, 0.3) is 0 Å². The van der Waals surface area contributed by atoms with Crippen LogP contribution in [0.5, 0.6) is 11.5 Å². The van der Waals surface area contributed by atoms with E-state index in [1.165, 1.54) is 13.2 Å². The Labute approximate surface area is 183 Å². The molecule has 0 aliphatic carbocycles. The van der Waals surface area contributed by atoms with Crippen molar-refractivity contribution >= 4 is 21.7 Å². The van der Waals surface area contributed by atoms with E-state index < -0.39 is 0 Å². The van der Waals surface area contributed by atoms with Gasteiger partial charge in [-0.15, -0.1) is 0 Å². The van der Waals surface area contributed by atoms with Crippen molar-refractivity contribution in [3.05, 3.63) is 94.1 Å². The predicted octanol–water partition coefficient (Wildman–Crippen LogP) is 6.36. The number of nitrogens with one attached hydrogen (secondary N) is 1. The molecule has 3 aromatic carbocycles. The zero-order chi connectivity index (χ0) is 21.3. The number of phenols is 1. The summed E-state index contributed by atoms with van der Waals surface area (Å²) in [4.78, 5) is 17.2. The van der Waals surface area contributed by atoms with Crippen molar-refractivity contribution in [3.63, 3.8) is 0 Å². The quantitative estimate of drug-likeness (QED) is 0.339. The molecule has 0 unspecified atom stereocenters. The number of ketones is 1. The highest BCUT2D eigenvalue weighted by Gasteiger charge is 2.27. The molecular formula is C25H20BrNO3. The number of rotatable bonds is 5. The monoisotopic (exact) mass is 461 g/mol. The van der Waals surface area contributed by atoms with Crippen LogP contribution in [0.1, 0.15) is 21.6 Å². The number of halogens is 1. The van der Waals surface area contributed by atoms with E-state index >= 15 is 0 Å². The van der Waals surface area contributed by atoms with E-state index in [9.17, 15) is 9.90 Å². The summed E-state index contributed by atoms with van der Waals surface area (Å²) < 4.78 is 6.16. The molecule has 5 heteroatoms. The van der Waals surface area contributed by atoms with E-state index in [1.807, 2.05) is 61.5 Å². The number of aromatic nitrogens is 1. The Morgan fingerprint density at radius 2 is 1.70 bits per heavy atom. The van der Waals surface area contributed by atoms with Gasteiger partial charge in [0, 0.05) is 15.7 Å². The van der Waals surface area contributed by atoms with E-state index in [2.05, 4.69) is 20.9 Å². The van der Waals surface area contributed by atoms with Crippen LogP contribution in [0.3, 0.4) is 0 Å². The van der Waals surface area contributed by atoms with Gasteiger partial charge in [-0.25, -0.2) is 0 Å². The van der Waals surface area contributed by atoms with Crippen LogP contribution in [0, 0.1) is 6.92 Å². The van der Waals surface area contributed by atoms with Gasteiger partial charge < -0.3 is 14.8 Å². The maximum atomic E-state index is 13.8. The van der Waals surface area contributed by atoms with Gasteiger partial charge in [-0.05, 0) is 42.3 Å². The number of methoxy groups -OCH3 is 1. The molecule has 0 radical (unpaired) electrons. The molecule has 0 aliphatic rings. The Balaban J connectivity index is 2.02. The van der Waals surface area contributed by atoms with Gasteiger partial charge in [0.1, 0.15) is 11.5 Å². The first-order chi connectivity index (χ1) is 14.5. The van der Waals surface area contributed by atoms with E-state index in [0.717, 1.165) is 26.9 Å². The minimum absolute atomic E-state index is 0.0863. The van der Waals surface area contributed by atoms with Crippen LogP contribution in [0.2, 0.25) is 0 Å². The first kappa shape index (κ1) is 20.0. The molecule has 1 aromatic heterocycles. The van der Waals surface area contributed by atoms with Gasteiger partial charge in [-0.3, -0.25) is 4.79 Å². The molecule has 0 spiro atoms. The van der Waals surface area contributed by atoms with E-state index in [1.54, 1.807) is 12.1 Å².